The summed E-state index contributed by atoms with van der Waals surface area (Å²) in [6, 6.07) is 17.2. The van der Waals surface area contributed by atoms with E-state index in [1.54, 1.807) is 0 Å². The number of halogens is 2. The van der Waals surface area contributed by atoms with Crippen molar-refractivity contribution in [1.29, 1.82) is 0 Å². The fraction of sp³-hybridized carbons (Fsp3) is 0.120. The Kier molecular flexibility index (Phi) is 6.09. The van der Waals surface area contributed by atoms with Crippen LogP contribution in [0.25, 0.3) is 0 Å². The lowest BCUT2D eigenvalue weighted by Crippen LogP contribution is -2.32. The van der Waals surface area contributed by atoms with Gasteiger partial charge in [0.15, 0.2) is 0 Å². The van der Waals surface area contributed by atoms with E-state index in [1.807, 2.05) is 63.2 Å². The Morgan fingerprint density at radius 3 is 2.25 bits per heavy atom. The lowest BCUT2D eigenvalue weighted by atomic mass is 10.1. The molecule has 1 heterocycles. The number of hydrogen-bond donors (Lipinski definition) is 1. The SMILES string of the molecule is Cc1ccc(SC2=C(Nc3ccc(C)c(C)c3)C(=O)N(c3ccc(F)c(Cl)c3)C2=O)cc1. The van der Waals surface area contributed by atoms with Crippen molar-refractivity contribution in [3.8, 4) is 0 Å². The van der Waals surface area contributed by atoms with Crippen LogP contribution in [0.1, 0.15) is 16.7 Å². The quantitative estimate of drug-likeness (QED) is 0.442. The van der Waals surface area contributed by atoms with E-state index < -0.39 is 17.6 Å². The third-order valence-corrected chi connectivity index (χ3v) is 6.60. The van der Waals surface area contributed by atoms with Crippen molar-refractivity contribution in [2.45, 2.75) is 25.7 Å². The van der Waals surface area contributed by atoms with Gasteiger partial charge in [-0.25, -0.2) is 9.29 Å². The molecule has 0 aliphatic carbocycles. The number of carbonyl (C=O) groups is 2. The van der Waals surface area contributed by atoms with Crippen molar-refractivity contribution in [3.05, 3.63) is 98.8 Å². The number of carbonyl (C=O) groups excluding carboxylic acids is 2. The third-order valence-electron chi connectivity index (χ3n) is 5.22. The molecule has 2 amide bonds. The van der Waals surface area contributed by atoms with Crippen LogP contribution in [0.4, 0.5) is 15.8 Å². The average Bonchev–Trinajstić information content (AvgIpc) is 2.98. The van der Waals surface area contributed by atoms with Crippen molar-refractivity contribution in [1.82, 2.24) is 0 Å². The molecular weight excluding hydrogens is 447 g/mol. The second kappa shape index (κ2) is 8.81. The molecule has 4 rings (SSSR count). The predicted octanol–water partition coefficient (Wildman–Crippen LogP) is 6.39. The van der Waals surface area contributed by atoms with Crippen LogP contribution >= 0.6 is 23.4 Å². The molecule has 162 valence electrons. The fourth-order valence-corrected chi connectivity index (χ4v) is 4.36. The molecule has 0 spiro atoms. The molecule has 1 aliphatic rings. The Balaban J connectivity index is 1.76. The van der Waals surface area contributed by atoms with Gasteiger partial charge in [0.25, 0.3) is 11.8 Å². The topological polar surface area (TPSA) is 49.4 Å². The van der Waals surface area contributed by atoms with E-state index in [1.165, 1.54) is 23.9 Å². The summed E-state index contributed by atoms with van der Waals surface area (Å²) < 4.78 is 13.7. The van der Waals surface area contributed by atoms with Crippen LogP contribution in [-0.2, 0) is 9.59 Å². The Hall–Kier alpha value is -3.09. The summed E-state index contributed by atoms with van der Waals surface area (Å²) >= 11 is 7.12. The summed E-state index contributed by atoms with van der Waals surface area (Å²) in [4.78, 5) is 28.8. The number of nitrogens with one attached hydrogen (secondary N) is 1. The minimum absolute atomic E-state index is 0.161. The highest BCUT2D eigenvalue weighted by Gasteiger charge is 2.40. The molecule has 1 N–H and O–H groups in total. The van der Waals surface area contributed by atoms with Crippen LogP contribution in [0, 0.1) is 26.6 Å². The second-order valence-corrected chi connectivity index (χ2v) is 9.08. The first kappa shape index (κ1) is 22.1. The van der Waals surface area contributed by atoms with E-state index in [9.17, 15) is 14.0 Å². The van der Waals surface area contributed by atoms with Crippen LogP contribution in [0.3, 0.4) is 0 Å². The second-order valence-electron chi connectivity index (χ2n) is 7.59. The largest absolute Gasteiger partial charge is 0.350 e. The van der Waals surface area contributed by atoms with Gasteiger partial charge in [-0.1, -0.05) is 47.1 Å². The summed E-state index contributed by atoms with van der Waals surface area (Å²) in [6.07, 6.45) is 0. The monoisotopic (exact) mass is 466 g/mol. The van der Waals surface area contributed by atoms with Gasteiger partial charge in [0.1, 0.15) is 16.4 Å². The van der Waals surface area contributed by atoms with Crippen molar-refractivity contribution < 1.29 is 14.0 Å². The molecule has 0 aromatic heterocycles. The highest BCUT2D eigenvalue weighted by Crippen LogP contribution is 2.38. The van der Waals surface area contributed by atoms with Crippen LogP contribution in [0.2, 0.25) is 5.02 Å². The molecule has 3 aromatic carbocycles. The number of aryl methyl sites for hydroxylation is 3. The molecule has 0 unspecified atom stereocenters. The van der Waals surface area contributed by atoms with Crippen molar-refractivity contribution in [3.63, 3.8) is 0 Å². The van der Waals surface area contributed by atoms with Crippen molar-refractivity contribution >= 4 is 46.6 Å². The molecule has 0 atom stereocenters. The molecule has 0 bridgehead atoms. The molecule has 3 aromatic rings. The fourth-order valence-electron chi connectivity index (χ4n) is 3.26. The molecule has 7 heteroatoms. The molecular formula is C25H20ClFN2O2S. The van der Waals surface area contributed by atoms with Gasteiger partial charge in [0.2, 0.25) is 0 Å². The third kappa shape index (κ3) is 4.29. The molecule has 0 fully saturated rings. The molecule has 1 aliphatic heterocycles. The van der Waals surface area contributed by atoms with Crippen LogP contribution < -0.4 is 10.2 Å². The van der Waals surface area contributed by atoms with Crippen LogP contribution in [0.5, 0.6) is 0 Å². The maximum Gasteiger partial charge on any atom is 0.283 e. The number of amides is 2. The maximum atomic E-state index is 13.7. The zero-order valence-corrected chi connectivity index (χ0v) is 19.3. The Morgan fingerprint density at radius 1 is 0.875 bits per heavy atom. The first-order chi connectivity index (χ1) is 15.2. The number of nitrogens with zero attached hydrogens (tertiary/aromatic N) is 1. The summed E-state index contributed by atoms with van der Waals surface area (Å²) in [5.74, 6) is -1.63. The number of benzene rings is 3. The zero-order valence-electron chi connectivity index (χ0n) is 17.7. The van der Waals surface area contributed by atoms with Gasteiger partial charge in [-0.2, -0.15) is 0 Å². The van der Waals surface area contributed by atoms with Gasteiger partial charge in [0.05, 0.1) is 10.7 Å². The standard InChI is InChI=1S/C25H20ClFN2O2S/c1-14-4-9-19(10-5-14)32-23-22(28-17-7-6-15(2)16(3)12-17)24(30)29(25(23)31)18-8-11-21(27)20(26)13-18/h4-13,28H,1-3H3. The minimum Gasteiger partial charge on any atom is -0.350 e. The zero-order chi connectivity index (χ0) is 23.0. The Morgan fingerprint density at radius 2 is 1.59 bits per heavy atom. The van der Waals surface area contributed by atoms with E-state index >= 15 is 0 Å². The summed E-state index contributed by atoms with van der Waals surface area (Å²) in [5.41, 5.74) is 4.35. The summed E-state index contributed by atoms with van der Waals surface area (Å²) in [5, 5.41) is 2.98. The van der Waals surface area contributed by atoms with Gasteiger partial charge in [-0.05, 0) is 74.4 Å². The van der Waals surface area contributed by atoms with Gasteiger partial charge in [-0.3, -0.25) is 9.59 Å². The Labute approximate surface area is 195 Å². The predicted molar refractivity (Wildman–Crippen MR) is 128 cm³/mol. The van der Waals surface area contributed by atoms with Crippen molar-refractivity contribution in [2.24, 2.45) is 0 Å². The number of rotatable bonds is 5. The number of thioether (sulfide) groups is 1. The van der Waals surface area contributed by atoms with Crippen LogP contribution in [-0.4, -0.2) is 11.8 Å². The van der Waals surface area contributed by atoms with Gasteiger partial charge < -0.3 is 5.32 Å². The molecule has 0 saturated carbocycles. The highest BCUT2D eigenvalue weighted by atomic mass is 35.5. The minimum atomic E-state index is -0.620. The molecule has 0 saturated heterocycles. The first-order valence-corrected chi connectivity index (χ1v) is 11.1. The van der Waals surface area contributed by atoms with Gasteiger partial charge in [0, 0.05) is 10.6 Å². The van der Waals surface area contributed by atoms with E-state index in [4.69, 9.17) is 11.6 Å². The average molecular weight is 467 g/mol. The normalized spacial score (nSPS) is 13.8. The number of anilines is 2. The summed E-state index contributed by atoms with van der Waals surface area (Å²) in [6.45, 7) is 5.96. The van der Waals surface area contributed by atoms with Crippen LogP contribution in [0.15, 0.2) is 76.2 Å². The number of hydrogen-bond acceptors (Lipinski definition) is 4. The van der Waals surface area contributed by atoms with E-state index in [0.29, 0.717) is 5.69 Å². The lowest BCUT2D eigenvalue weighted by Gasteiger charge is -2.16. The number of imide groups is 1. The first-order valence-electron chi connectivity index (χ1n) is 9.91. The summed E-state index contributed by atoms with van der Waals surface area (Å²) in [7, 11) is 0. The molecule has 0 radical (unpaired) electrons. The van der Waals surface area contributed by atoms with E-state index in [2.05, 4.69) is 5.32 Å². The Bertz CT molecular complexity index is 1270. The van der Waals surface area contributed by atoms with E-state index in [0.717, 1.165) is 32.6 Å². The highest BCUT2D eigenvalue weighted by molar-refractivity contribution is 8.04. The smallest absolute Gasteiger partial charge is 0.283 e. The van der Waals surface area contributed by atoms with Gasteiger partial charge >= 0.3 is 0 Å². The van der Waals surface area contributed by atoms with Gasteiger partial charge in [-0.15, -0.1) is 0 Å². The molecule has 4 nitrogen and oxygen atoms in total. The van der Waals surface area contributed by atoms with Crippen molar-refractivity contribution in [2.75, 3.05) is 10.2 Å². The van der Waals surface area contributed by atoms with E-state index in [-0.39, 0.29) is 21.3 Å². The maximum absolute atomic E-state index is 13.7. The lowest BCUT2D eigenvalue weighted by molar-refractivity contribution is -0.120. The molecule has 32 heavy (non-hydrogen) atoms.